The molecule has 0 aliphatic rings. The third-order valence-electron chi connectivity index (χ3n) is 1.88. The number of hydrogen-bond donors (Lipinski definition) is 1. The van der Waals surface area contributed by atoms with Gasteiger partial charge < -0.3 is 14.8 Å². The van der Waals surface area contributed by atoms with Crippen LogP contribution in [0.4, 0.5) is 4.79 Å². The van der Waals surface area contributed by atoms with Crippen LogP contribution in [0.15, 0.2) is 30.3 Å². The number of hydrogen-bond acceptors (Lipinski definition) is 3. The zero-order chi connectivity index (χ0) is 11.6. The lowest BCUT2D eigenvalue weighted by atomic mass is 10.3. The van der Waals surface area contributed by atoms with E-state index in [1.807, 2.05) is 30.3 Å². The van der Waals surface area contributed by atoms with Crippen molar-refractivity contribution in [1.29, 1.82) is 0 Å². The Labute approximate surface area is 95.6 Å². The van der Waals surface area contributed by atoms with Crippen molar-refractivity contribution in [3.05, 3.63) is 30.3 Å². The maximum Gasteiger partial charge on any atom is 0.407 e. The predicted molar refractivity (Wildman–Crippen MR) is 61.6 cm³/mol. The molecule has 4 heteroatoms. The molecule has 0 spiro atoms. The Hall–Kier alpha value is -1.71. The van der Waals surface area contributed by atoms with E-state index in [-0.39, 0.29) is 6.09 Å². The minimum Gasteiger partial charge on any atom is -0.494 e. The van der Waals surface area contributed by atoms with Gasteiger partial charge in [0.2, 0.25) is 0 Å². The van der Waals surface area contributed by atoms with E-state index < -0.39 is 0 Å². The topological polar surface area (TPSA) is 47.6 Å². The summed E-state index contributed by atoms with van der Waals surface area (Å²) in [6.07, 6.45) is 0.385. The van der Waals surface area contributed by atoms with E-state index >= 15 is 0 Å². The molecule has 0 atom stereocenters. The van der Waals surface area contributed by atoms with Crippen molar-refractivity contribution in [3.8, 4) is 5.75 Å². The number of carbonyl (C=O) groups is 1. The van der Waals surface area contributed by atoms with Gasteiger partial charge >= 0.3 is 6.09 Å². The fourth-order valence-electron chi connectivity index (χ4n) is 1.15. The van der Waals surface area contributed by atoms with Gasteiger partial charge in [-0.05, 0) is 25.5 Å². The van der Waals surface area contributed by atoms with Crippen molar-refractivity contribution >= 4 is 6.09 Å². The monoisotopic (exact) mass is 223 g/mol. The van der Waals surface area contributed by atoms with Crippen LogP contribution < -0.4 is 10.1 Å². The fraction of sp³-hybridized carbons (Fsp3) is 0.417. The molecule has 4 nitrogen and oxygen atoms in total. The van der Waals surface area contributed by atoms with Gasteiger partial charge in [0.05, 0.1) is 13.2 Å². The van der Waals surface area contributed by atoms with Gasteiger partial charge in [0.25, 0.3) is 0 Å². The van der Waals surface area contributed by atoms with Crippen molar-refractivity contribution in [1.82, 2.24) is 5.32 Å². The van der Waals surface area contributed by atoms with Crippen molar-refractivity contribution in [2.75, 3.05) is 19.8 Å². The number of ether oxygens (including phenoxy) is 2. The molecule has 88 valence electrons. The molecular formula is C12H17NO3. The first-order valence-electron chi connectivity index (χ1n) is 5.41. The van der Waals surface area contributed by atoms with E-state index in [0.717, 1.165) is 12.2 Å². The lowest BCUT2D eigenvalue weighted by molar-refractivity contribution is 0.151. The summed E-state index contributed by atoms with van der Waals surface area (Å²) in [4.78, 5) is 10.9. The number of alkyl carbamates (subject to hydrolysis) is 1. The molecule has 0 aromatic heterocycles. The highest BCUT2D eigenvalue weighted by atomic mass is 16.5. The molecule has 0 radical (unpaired) electrons. The van der Waals surface area contributed by atoms with E-state index in [9.17, 15) is 4.79 Å². The first-order valence-corrected chi connectivity index (χ1v) is 5.41. The minimum atomic E-state index is -0.373. The molecule has 1 N–H and O–H groups in total. The van der Waals surface area contributed by atoms with Crippen LogP contribution in [0.25, 0.3) is 0 Å². The first-order chi connectivity index (χ1) is 7.83. The quantitative estimate of drug-likeness (QED) is 0.752. The molecular weight excluding hydrogens is 206 g/mol. The minimum absolute atomic E-state index is 0.373. The smallest absolute Gasteiger partial charge is 0.407 e. The Kier molecular flexibility index (Phi) is 5.84. The Morgan fingerprint density at radius 2 is 2.06 bits per heavy atom. The molecule has 0 aliphatic heterocycles. The summed E-state index contributed by atoms with van der Waals surface area (Å²) in [7, 11) is 0. The maximum absolute atomic E-state index is 10.9. The third kappa shape index (κ3) is 5.24. The second-order valence-electron chi connectivity index (χ2n) is 3.16. The standard InChI is InChI=1S/C12H17NO3/c1-2-15-12(14)13-9-6-10-16-11-7-4-3-5-8-11/h3-5,7-8H,2,6,9-10H2,1H3,(H,13,14). The zero-order valence-electron chi connectivity index (χ0n) is 9.44. The predicted octanol–water partition coefficient (Wildman–Crippen LogP) is 2.20. The number of amides is 1. The summed E-state index contributed by atoms with van der Waals surface area (Å²) in [5.74, 6) is 0.846. The summed E-state index contributed by atoms with van der Waals surface area (Å²) in [6.45, 7) is 3.31. The zero-order valence-corrected chi connectivity index (χ0v) is 9.44. The number of nitrogens with one attached hydrogen (secondary N) is 1. The number of para-hydroxylation sites is 1. The average Bonchev–Trinajstić information content (AvgIpc) is 2.30. The SMILES string of the molecule is CCOC(=O)NCCCOc1ccccc1. The van der Waals surface area contributed by atoms with Crippen LogP contribution in [0.2, 0.25) is 0 Å². The number of rotatable bonds is 6. The normalized spacial score (nSPS) is 9.56. The van der Waals surface area contributed by atoms with Crippen LogP contribution in [0.1, 0.15) is 13.3 Å². The maximum atomic E-state index is 10.9. The number of benzene rings is 1. The van der Waals surface area contributed by atoms with Crippen molar-refractivity contribution in [3.63, 3.8) is 0 Å². The second kappa shape index (κ2) is 7.56. The van der Waals surface area contributed by atoms with Crippen molar-refractivity contribution < 1.29 is 14.3 Å². The van der Waals surface area contributed by atoms with Gasteiger partial charge in [-0.1, -0.05) is 18.2 Å². The highest BCUT2D eigenvalue weighted by molar-refractivity contribution is 5.66. The van der Waals surface area contributed by atoms with Crippen LogP contribution >= 0.6 is 0 Å². The fourth-order valence-corrected chi connectivity index (χ4v) is 1.15. The molecule has 1 aromatic rings. The highest BCUT2D eigenvalue weighted by Crippen LogP contribution is 2.07. The van der Waals surface area contributed by atoms with Gasteiger partial charge in [-0.15, -0.1) is 0 Å². The van der Waals surface area contributed by atoms with Crippen LogP contribution in [0.3, 0.4) is 0 Å². The Morgan fingerprint density at radius 3 is 2.75 bits per heavy atom. The molecule has 0 aliphatic carbocycles. The average molecular weight is 223 g/mol. The summed E-state index contributed by atoms with van der Waals surface area (Å²) < 4.78 is 10.2. The van der Waals surface area contributed by atoms with Gasteiger partial charge in [0.15, 0.2) is 0 Å². The molecule has 16 heavy (non-hydrogen) atoms. The van der Waals surface area contributed by atoms with Crippen LogP contribution in [-0.4, -0.2) is 25.9 Å². The van der Waals surface area contributed by atoms with E-state index in [2.05, 4.69) is 5.32 Å². The molecule has 0 saturated heterocycles. The molecule has 0 heterocycles. The molecule has 1 aromatic carbocycles. The van der Waals surface area contributed by atoms with Crippen LogP contribution in [0.5, 0.6) is 5.75 Å². The van der Waals surface area contributed by atoms with Crippen LogP contribution in [-0.2, 0) is 4.74 Å². The van der Waals surface area contributed by atoms with E-state index in [4.69, 9.17) is 9.47 Å². The Morgan fingerprint density at radius 1 is 1.31 bits per heavy atom. The summed E-state index contributed by atoms with van der Waals surface area (Å²) >= 11 is 0. The number of carbonyl (C=O) groups excluding carboxylic acids is 1. The molecule has 0 fully saturated rings. The van der Waals surface area contributed by atoms with Gasteiger partial charge in [-0.2, -0.15) is 0 Å². The van der Waals surface area contributed by atoms with Gasteiger partial charge in [0, 0.05) is 6.54 Å². The van der Waals surface area contributed by atoms with Gasteiger partial charge in [-0.25, -0.2) is 4.79 Å². The summed E-state index contributed by atoms with van der Waals surface area (Å²) in [5.41, 5.74) is 0. The van der Waals surface area contributed by atoms with E-state index in [1.54, 1.807) is 6.92 Å². The molecule has 0 saturated carbocycles. The Balaban J connectivity index is 2.02. The summed E-state index contributed by atoms with van der Waals surface area (Å²) in [6, 6.07) is 9.59. The Bertz CT molecular complexity index is 300. The summed E-state index contributed by atoms with van der Waals surface area (Å²) in [5, 5.41) is 2.63. The lowest BCUT2D eigenvalue weighted by Gasteiger charge is -2.07. The van der Waals surface area contributed by atoms with Crippen LogP contribution in [0, 0.1) is 0 Å². The molecule has 0 unspecified atom stereocenters. The van der Waals surface area contributed by atoms with Gasteiger partial charge in [0.1, 0.15) is 5.75 Å². The molecule has 1 rings (SSSR count). The first kappa shape index (κ1) is 12.4. The van der Waals surface area contributed by atoms with E-state index in [0.29, 0.717) is 19.8 Å². The van der Waals surface area contributed by atoms with Crippen molar-refractivity contribution in [2.24, 2.45) is 0 Å². The van der Waals surface area contributed by atoms with E-state index in [1.165, 1.54) is 0 Å². The lowest BCUT2D eigenvalue weighted by Crippen LogP contribution is -2.26. The second-order valence-corrected chi connectivity index (χ2v) is 3.16. The van der Waals surface area contributed by atoms with Crippen molar-refractivity contribution in [2.45, 2.75) is 13.3 Å². The highest BCUT2D eigenvalue weighted by Gasteiger charge is 1.98. The third-order valence-corrected chi connectivity index (χ3v) is 1.88. The molecule has 0 bridgehead atoms. The largest absolute Gasteiger partial charge is 0.494 e. The van der Waals surface area contributed by atoms with Gasteiger partial charge in [-0.3, -0.25) is 0 Å². The molecule has 1 amide bonds.